The third-order valence-corrected chi connectivity index (χ3v) is 6.65. The summed E-state index contributed by atoms with van der Waals surface area (Å²) < 4.78 is 5.50. The standard InChI is InChI=1S/C21H27N5O2.2ClH/c27-21(18-13-15-5-1-2-6-16(15)23-18)26-11-8-14(9-12-26)20-24-19(25-28-20)17-7-3-4-10-22-17;;/h3-4,7,10,14-16,18,23H,1-2,5-6,8-9,11-13H2;2*1H. The number of piperidine rings is 1. The van der Waals surface area contributed by atoms with Crippen LogP contribution in [0.2, 0.25) is 0 Å². The highest BCUT2D eigenvalue weighted by atomic mass is 35.5. The number of halogens is 2. The number of aromatic nitrogens is 3. The van der Waals surface area contributed by atoms with Crippen LogP contribution in [0.25, 0.3) is 11.5 Å². The first-order valence-electron chi connectivity index (χ1n) is 10.6. The Bertz CT molecular complexity index is 812. The summed E-state index contributed by atoms with van der Waals surface area (Å²) >= 11 is 0. The van der Waals surface area contributed by atoms with Crippen LogP contribution in [0.1, 0.15) is 56.8 Å². The highest BCUT2D eigenvalue weighted by molar-refractivity contribution is 5.85. The fourth-order valence-corrected chi connectivity index (χ4v) is 5.08. The fourth-order valence-electron chi connectivity index (χ4n) is 5.08. The normalized spacial score (nSPS) is 26.4. The van der Waals surface area contributed by atoms with Gasteiger partial charge in [0.1, 0.15) is 5.69 Å². The number of pyridine rings is 1. The summed E-state index contributed by atoms with van der Waals surface area (Å²) in [5.41, 5.74) is 0.721. The lowest BCUT2D eigenvalue weighted by Crippen LogP contribution is -2.48. The molecule has 0 radical (unpaired) electrons. The first-order chi connectivity index (χ1) is 13.8. The molecule has 3 atom stereocenters. The Labute approximate surface area is 189 Å². The van der Waals surface area contributed by atoms with Crippen molar-refractivity contribution in [1.82, 2.24) is 25.3 Å². The monoisotopic (exact) mass is 453 g/mol. The van der Waals surface area contributed by atoms with Gasteiger partial charge in [-0.1, -0.05) is 24.1 Å². The summed E-state index contributed by atoms with van der Waals surface area (Å²) in [6, 6.07) is 6.23. The second kappa shape index (κ2) is 10.1. The Morgan fingerprint density at radius 2 is 1.90 bits per heavy atom. The van der Waals surface area contributed by atoms with Crippen LogP contribution in [-0.4, -0.2) is 51.1 Å². The molecule has 9 heteroatoms. The van der Waals surface area contributed by atoms with Gasteiger partial charge < -0.3 is 14.7 Å². The smallest absolute Gasteiger partial charge is 0.239 e. The SMILES string of the molecule is Cl.Cl.O=C(C1CC2CCCCC2N1)N1CCC(c2nc(-c3ccccn3)no2)CC1. The van der Waals surface area contributed by atoms with Gasteiger partial charge >= 0.3 is 0 Å². The number of hydrogen-bond donors (Lipinski definition) is 1. The van der Waals surface area contributed by atoms with E-state index in [2.05, 4.69) is 20.4 Å². The minimum Gasteiger partial charge on any atom is -0.341 e. The number of nitrogens with one attached hydrogen (secondary N) is 1. The van der Waals surface area contributed by atoms with Crippen LogP contribution in [0.5, 0.6) is 0 Å². The minimum atomic E-state index is 0. The molecule has 7 nitrogen and oxygen atoms in total. The third kappa shape index (κ3) is 4.63. The molecule has 0 spiro atoms. The number of rotatable bonds is 3. The lowest BCUT2D eigenvalue weighted by atomic mass is 9.85. The van der Waals surface area contributed by atoms with Crippen molar-refractivity contribution in [1.29, 1.82) is 0 Å². The molecule has 1 saturated carbocycles. The zero-order valence-corrected chi connectivity index (χ0v) is 18.5. The molecule has 5 rings (SSSR count). The van der Waals surface area contributed by atoms with Crippen molar-refractivity contribution in [3.8, 4) is 11.5 Å². The van der Waals surface area contributed by atoms with Crippen molar-refractivity contribution in [3.05, 3.63) is 30.3 Å². The summed E-state index contributed by atoms with van der Waals surface area (Å²) in [5, 5.41) is 7.70. The molecule has 30 heavy (non-hydrogen) atoms. The van der Waals surface area contributed by atoms with Crippen LogP contribution in [-0.2, 0) is 4.79 Å². The van der Waals surface area contributed by atoms with E-state index in [9.17, 15) is 4.79 Å². The molecule has 0 aromatic carbocycles. The van der Waals surface area contributed by atoms with Crippen LogP contribution < -0.4 is 5.32 Å². The summed E-state index contributed by atoms with van der Waals surface area (Å²) in [6.07, 6.45) is 9.60. The number of fused-ring (bicyclic) bond motifs is 1. The maximum atomic E-state index is 13.0. The summed E-state index contributed by atoms with van der Waals surface area (Å²) in [6.45, 7) is 1.52. The van der Waals surface area contributed by atoms with Gasteiger partial charge in [-0.15, -0.1) is 24.8 Å². The van der Waals surface area contributed by atoms with Gasteiger partial charge in [0, 0.05) is 31.2 Å². The van der Waals surface area contributed by atoms with E-state index in [1.54, 1.807) is 6.20 Å². The van der Waals surface area contributed by atoms with E-state index < -0.39 is 0 Å². The van der Waals surface area contributed by atoms with Gasteiger partial charge in [-0.25, -0.2) is 0 Å². The Hall–Kier alpha value is -1.70. The quantitative estimate of drug-likeness (QED) is 0.763. The molecule has 3 fully saturated rings. The first kappa shape index (κ1) is 23.0. The maximum absolute atomic E-state index is 13.0. The fraction of sp³-hybridized carbons (Fsp3) is 0.619. The van der Waals surface area contributed by atoms with E-state index in [1.807, 2.05) is 23.1 Å². The van der Waals surface area contributed by atoms with Crippen molar-refractivity contribution < 1.29 is 9.32 Å². The van der Waals surface area contributed by atoms with Gasteiger partial charge in [-0.3, -0.25) is 9.78 Å². The van der Waals surface area contributed by atoms with Gasteiger partial charge in [0.15, 0.2) is 0 Å². The Balaban J connectivity index is 0.00000128. The van der Waals surface area contributed by atoms with E-state index in [0.29, 0.717) is 23.7 Å². The molecule has 2 aromatic heterocycles. The van der Waals surface area contributed by atoms with Crippen molar-refractivity contribution in [2.45, 2.75) is 62.9 Å². The highest BCUT2D eigenvalue weighted by Gasteiger charge is 2.40. The van der Waals surface area contributed by atoms with Gasteiger partial charge in [-0.05, 0) is 50.2 Å². The largest absolute Gasteiger partial charge is 0.341 e. The summed E-state index contributed by atoms with van der Waals surface area (Å²) in [7, 11) is 0. The van der Waals surface area contributed by atoms with Gasteiger partial charge in [-0.2, -0.15) is 4.98 Å². The number of carbonyl (C=O) groups is 1. The molecule has 2 saturated heterocycles. The average molecular weight is 454 g/mol. The number of carbonyl (C=O) groups excluding carboxylic acids is 1. The van der Waals surface area contributed by atoms with E-state index in [-0.39, 0.29) is 42.7 Å². The van der Waals surface area contributed by atoms with Gasteiger partial charge in [0.25, 0.3) is 0 Å². The number of hydrogen-bond acceptors (Lipinski definition) is 6. The topological polar surface area (TPSA) is 84.2 Å². The second-order valence-corrected chi connectivity index (χ2v) is 8.38. The molecule has 3 aliphatic rings. The zero-order valence-electron chi connectivity index (χ0n) is 16.9. The van der Waals surface area contributed by atoms with E-state index in [4.69, 9.17) is 4.52 Å². The van der Waals surface area contributed by atoms with Crippen molar-refractivity contribution in [2.24, 2.45) is 5.92 Å². The first-order valence-corrected chi connectivity index (χ1v) is 10.6. The van der Waals surface area contributed by atoms with E-state index >= 15 is 0 Å². The number of likely N-dealkylation sites (tertiary alicyclic amines) is 1. The zero-order chi connectivity index (χ0) is 18.9. The molecule has 1 amide bonds. The molecule has 2 aliphatic heterocycles. The Morgan fingerprint density at radius 3 is 2.63 bits per heavy atom. The molecule has 1 N–H and O–H groups in total. The van der Waals surface area contributed by atoms with Crippen LogP contribution in [0.3, 0.4) is 0 Å². The molecular formula is C21H29Cl2N5O2. The molecule has 1 aliphatic carbocycles. The highest BCUT2D eigenvalue weighted by Crippen LogP contribution is 2.35. The van der Waals surface area contributed by atoms with Gasteiger partial charge in [0.2, 0.25) is 17.6 Å². The molecule has 3 unspecified atom stereocenters. The molecule has 4 heterocycles. The maximum Gasteiger partial charge on any atom is 0.239 e. The number of amides is 1. The van der Waals surface area contributed by atoms with E-state index in [1.165, 1.54) is 25.7 Å². The minimum absolute atomic E-state index is 0. The third-order valence-electron chi connectivity index (χ3n) is 6.65. The van der Waals surface area contributed by atoms with E-state index in [0.717, 1.165) is 38.0 Å². The molecular weight excluding hydrogens is 425 g/mol. The average Bonchev–Trinajstić information content (AvgIpc) is 3.41. The summed E-state index contributed by atoms with van der Waals surface area (Å²) in [4.78, 5) is 23.8. The molecule has 0 bridgehead atoms. The van der Waals surface area contributed by atoms with Gasteiger partial charge in [0.05, 0.1) is 6.04 Å². The second-order valence-electron chi connectivity index (χ2n) is 8.38. The predicted molar refractivity (Wildman–Crippen MR) is 118 cm³/mol. The lowest BCUT2D eigenvalue weighted by Gasteiger charge is -2.32. The Morgan fingerprint density at radius 1 is 1.10 bits per heavy atom. The Kier molecular flexibility index (Phi) is 7.71. The van der Waals surface area contributed by atoms with Crippen LogP contribution in [0.4, 0.5) is 0 Å². The predicted octanol–water partition coefficient (Wildman–Crippen LogP) is 3.60. The van der Waals surface area contributed by atoms with Crippen LogP contribution >= 0.6 is 24.8 Å². The van der Waals surface area contributed by atoms with Crippen LogP contribution in [0.15, 0.2) is 28.9 Å². The number of nitrogens with zero attached hydrogens (tertiary/aromatic N) is 4. The summed E-state index contributed by atoms with van der Waals surface area (Å²) in [5.74, 6) is 2.40. The lowest BCUT2D eigenvalue weighted by molar-refractivity contribution is -0.134. The molecule has 164 valence electrons. The van der Waals surface area contributed by atoms with Crippen molar-refractivity contribution in [3.63, 3.8) is 0 Å². The van der Waals surface area contributed by atoms with Crippen molar-refractivity contribution >= 4 is 30.7 Å². The van der Waals surface area contributed by atoms with Crippen molar-refractivity contribution in [2.75, 3.05) is 13.1 Å². The van der Waals surface area contributed by atoms with Crippen LogP contribution in [0, 0.1) is 5.92 Å². The molecule has 2 aromatic rings.